The Labute approximate surface area is 158 Å². The number of carbonyl (C=O) groups is 1. The van der Waals surface area contributed by atoms with E-state index >= 15 is 0 Å². The van der Waals surface area contributed by atoms with Crippen LogP contribution in [0.25, 0.3) is 5.65 Å². The SMILES string of the molecule is Cc1nc(CN2CCC(CNC(=O)c3ccc4nccn4c3)CC2)oc1C. The van der Waals surface area contributed by atoms with Crippen molar-refractivity contribution < 1.29 is 9.21 Å². The predicted octanol–water partition coefficient (Wildman–Crippen LogP) is 2.58. The van der Waals surface area contributed by atoms with Gasteiger partial charge in [0.2, 0.25) is 5.89 Å². The summed E-state index contributed by atoms with van der Waals surface area (Å²) in [6, 6.07) is 3.68. The van der Waals surface area contributed by atoms with Crippen LogP contribution in [0.2, 0.25) is 0 Å². The van der Waals surface area contributed by atoms with Gasteiger partial charge in [0.15, 0.2) is 0 Å². The highest BCUT2D eigenvalue weighted by Gasteiger charge is 2.21. The maximum absolute atomic E-state index is 12.4. The number of hydrogen-bond acceptors (Lipinski definition) is 5. The van der Waals surface area contributed by atoms with Gasteiger partial charge in [-0.25, -0.2) is 9.97 Å². The highest BCUT2D eigenvalue weighted by atomic mass is 16.4. The number of imidazole rings is 1. The number of nitrogens with one attached hydrogen (secondary N) is 1. The molecular weight excluding hydrogens is 342 g/mol. The second kappa shape index (κ2) is 7.52. The first kappa shape index (κ1) is 17.7. The van der Waals surface area contributed by atoms with Gasteiger partial charge in [0, 0.05) is 25.1 Å². The highest BCUT2D eigenvalue weighted by Crippen LogP contribution is 2.19. The van der Waals surface area contributed by atoms with Gasteiger partial charge in [0.05, 0.1) is 17.8 Å². The molecule has 1 aliphatic rings. The Morgan fingerprint density at radius 2 is 2.11 bits per heavy atom. The standard InChI is InChI=1S/C20H25N5O2/c1-14-15(2)27-19(23-14)13-24-8-5-16(6-9-24)11-22-20(26)17-3-4-18-21-7-10-25(18)12-17/h3-4,7,10,12,16H,5-6,8-9,11,13H2,1-2H3,(H,22,26). The van der Waals surface area contributed by atoms with E-state index in [0.29, 0.717) is 18.0 Å². The van der Waals surface area contributed by atoms with Gasteiger partial charge in [-0.2, -0.15) is 0 Å². The van der Waals surface area contributed by atoms with Gasteiger partial charge < -0.3 is 14.1 Å². The van der Waals surface area contributed by atoms with E-state index in [1.807, 2.05) is 42.8 Å². The molecule has 27 heavy (non-hydrogen) atoms. The molecule has 142 valence electrons. The molecule has 4 rings (SSSR count). The topological polar surface area (TPSA) is 75.7 Å². The lowest BCUT2D eigenvalue weighted by Crippen LogP contribution is -2.38. The molecular formula is C20H25N5O2. The minimum absolute atomic E-state index is 0.0289. The summed E-state index contributed by atoms with van der Waals surface area (Å²) in [7, 11) is 0. The fraction of sp³-hybridized carbons (Fsp3) is 0.450. The lowest BCUT2D eigenvalue weighted by Gasteiger charge is -2.31. The number of rotatable bonds is 5. The fourth-order valence-electron chi connectivity index (χ4n) is 3.54. The molecule has 0 bridgehead atoms. The normalized spacial score (nSPS) is 16.1. The summed E-state index contributed by atoms with van der Waals surface area (Å²) in [4.78, 5) is 23.4. The number of pyridine rings is 1. The lowest BCUT2D eigenvalue weighted by molar-refractivity contribution is 0.0933. The summed E-state index contributed by atoms with van der Waals surface area (Å²) in [5, 5.41) is 3.08. The molecule has 0 atom stereocenters. The monoisotopic (exact) mass is 367 g/mol. The van der Waals surface area contributed by atoms with E-state index < -0.39 is 0 Å². The maximum Gasteiger partial charge on any atom is 0.252 e. The number of amides is 1. The zero-order valence-electron chi connectivity index (χ0n) is 15.8. The van der Waals surface area contributed by atoms with E-state index in [-0.39, 0.29) is 5.91 Å². The van der Waals surface area contributed by atoms with Crippen molar-refractivity contribution in [2.75, 3.05) is 19.6 Å². The van der Waals surface area contributed by atoms with Crippen molar-refractivity contribution in [3.8, 4) is 0 Å². The zero-order chi connectivity index (χ0) is 18.8. The molecule has 3 aromatic rings. The minimum Gasteiger partial charge on any atom is -0.444 e. The molecule has 0 radical (unpaired) electrons. The highest BCUT2D eigenvalue weighted by molar-refractivity contribution is 5.94. The summed E-state index contributed by atoms with van der Waals surface area (Å²) < 4.78 is 7.54. The van der Waals surface area contributed by atoms with Crippen LogP contribution in [0.15, 0.2) is 35.1 Å². The van der Waals surface area contributed by atoms with Gasteiger partial charge in [0.1, 0.15) is 11.4 Å². The third kappa shape index (κ3) is 4.03. The van der Waals surface area contributed by atoms with Crippen molar-refractivity contribution in [3.05, 3.63) is 53.6 Å². The van der Waals surface area contributed by atoms with E-state index in [1.54, 1.807) is 6.20 Å². The summed E-state index contributed by atoms with van der Waals surface area (Å²) in [6.07, 6.45) is 7.53. The average Bonchev–Trinajstić information content (AvgIpc) is 3.26. The van der Waals surface area contributed by atoms with E-state index in [0.717, 1.165) is 55.5 Å². The number of likely N-dealkylation sites (tertiary alicyclic amines) is 1. The second-order valence-corrected chi connectivity index (χ2v) is 7.29. The van der Waals surface area contributed by atoms with Crippen LogP contribution in [0.5, 0.6) is 0 Å². The van der Waals surface area contributed by atoms with E-state index in [1.165, 1.54) is 0 Å². The molecule has 0 aromatic carbocycles. The molecule has 3 aromatic heterocycles. The lowest BCUT2D eigenvalue weighted by atomic mass is 9.96. The Morgan fingerprint density at radius 3 is 2.85 bits per heavy atom. The van der Waals surface area contributed by atoms with Crippen LogP contribution >= 0.6 is 0 Å². The summed E-state index contributed by atoms with van der Waals surface area (Å²) in [5.41, 5.74) is 2.47. The van der Waals surface area contributed by atoms with Crippen LogP contribution in [0.1, 0.15) is 40.5 Å². The van der Waals surface area contributed by atoms with Crippen LogP contribution in [-0.2, 0) is 6.54 Å². The Balaban J connectivity index is 1.24. The van der Waals surface area contributed by atoms with Crippen molar-refractivity contribution in [3.63, 3.8) is 0 Å². The van der Waals surface area contributed by atoms with Crippen LogP contribution in [0.3, 0.4) is 0 Å². The summed E-state index contributed by atoms with van der Waals surface area (Å²) in [6.45, 7) is 7.40. The zero-order valence-corrected chi connectivity index (χ0v) is 15.8. The third-order valence-corrected chi connectivity index (χ3v) is 5.34. The second-order valence-electron chi connectivity index (χ2n) is 7.29. The molecule has 4 heterocycles. The average molecular weight is 367 g/mol. The number of oxazole rings is 1. The van der Waals surface area contributed by atoms with Gasteiger partial charge in [-0.15, -0.1) is 0 Å². The van der Waals surface area contributed by atoms with E-state index in [2.05, 4.69) is 20.2 Å². The molecule has 0 unspecified atom stereocenters. The molecule has 1 N–H and O–H groups in total. The van der Waals surface area contributed by atoms with Gasteiger partial charge in [0.25, 0.3) is 5.91 Å². The van der Waals surface area contributed by atoms with Crippen molar-refractivity contribution in [2.45, 2.75) is 33.2 Å². The van der Waals surface area contributed by atoms with E-state index in [4.69, 9.17) is 4.42 Å². The first-order valence-corrected chi connectivity index (χ1v) is 9.44. The van der Waals surface area contributed by atoms with Crippen molar-refractivity contribution in [2.24, 2.45) is 5.92 Å². The molecule has 0 aliphatic carbocycles. The van der Waals surface area contributed by atoms with Gasteiger partial charge >= 0.3 is 0 Å². The number of aryl methyl sites for hydroxylation is 2. The van der Waals surface area contributed by atoms with E-state index in [9.17, 15) is 4.79 Å². The molecule has 1 amide bonds. The molecule has 7 nitrogen and oxygen atoms in total. The Bertz CT molecular complexity index is 917. The number of carbonyl (C=O) groups excluding carboxylic acids is 1. The minimum atomic E-state index is -0.0289. The van der Waals surface area contributed by atoms with Crippen molar-refractivity contribution in [1.29, 1.82) is 0 Å². The summed E-state index contributed by atoms with van der Waals surface area (Å²) >= 11 is 0. The third-order valence-electron chi connectivity index (χ3n) is 5.34. The molecule has 1 fully saturated rings. The number of nitrogens with zero attached hydrogens (tertiary/aromatic N) is 4. The number of fused-ring (bicyclic) bond motifs is 1. The molecule has 1 saturated heterocycles. The molecule has 7 heteroatoms. The quantitative estimate of drug-likeness (QED) is 0.750. The largest absolute Gasteiger partial charge is 0.444 e. The van der Waals surface area contributed by atoms with Crippen LogP contribution < -0.4 is 5.32 Å². The Hall–Kier alpha value is -2.67. The first-order valence-electron chi connectivity index (χ1n) is 9.44. The molecule has 0 saturated carbocycles. The predicted molar refractivity (Wildman–Crippen MR) is 102 cm³/mol. The number of aromatic nitrogens is 3. The Kier molecular flexibility index (Phi) is 4.94. The van der Waals surface area contributed by atoms with Crippen LogP contribution in [0.4, 0.5) is 0 Å². The maximum atomic E-state index is 12.4. The van der Waals surface area contributed by atoms with Crippen LogP contribution in [-0.4, -0.2) is 44.8 Å². The fourth-order valence-corrected chi connectivity index (χ4v) is 3.54. The smallest absolute Gasteiger partial charge is 0.252 e. The first-order chi connectivity index (χ1) is 13.1. The van der Waals surface area contributed by atoms with Gasteiger partial charge in [-0.05, 0) is 57.8 Å². The van der Waals surface area contributed by atoms with Crippen molar-refractivity contribution in [1.82, 2.24) is 24.6 Å². The Morgan fingerprint density at radius 1 is 1.30 bits per heavy atom. The van der Waals surface area contributed by atoms with Gasteiger partial charge in [-0.1, -0.05) is 0 Å². The van der Waals surface area contributed by atoms with Crippen molar-refractivity contribution >= 4 is 11.6 Å². The van der Waals surface area contributed by atoms with Gasteiger partial charge in [-0.3, -0.25) is 9.69 Å². The molecule has 1 aliphatic heterocycles. The number of piperidine rings is 1. The van der Waals surface area contributed by atoms with Crippen LogP contribution in [0, 0.1) is 19.8 Å². The number of hydrogen-bond donors (Lipinski definition) is 1. The molecule has 0 spiro atoms. The summed E-state index contributed by atoms with van der Waals surface area (Å²) in [5.74, 6) is 2.18.